The molecule has 0 saturated carbocycles. The van der Waals surface area contributed by atoms with E-state index in [9.17, 15) is 0 Å². The van der Waals surface area contributed by atoms with Crippen LogP contribution < -0.4 is 5.32 Å². The molecule has 2 aromatic rings. The van der Waals surface area contributed by atoms with Gasteiger partial charge in [-0.2, -0.15) is 0 Å². The molecule has 2 rings (SSSR count). The molecule has 0 aliphatic heterocycles. The van der Waals surface area contributed by atoms with E-state index < -0.39 is 0 Å². The van der Waals surface area contributed by atoms with Crippen LogP contribution >= 0.6 is 15.9 Å². The lowest BCUT2D eigenvalue weighted by Gasteiger charge is -2.21. The smallest absolute Gasteiger partial charge is 0.0588 e. The molecule has 0 heterocycles. The number of aryl methyl sites for hydroxylation is 2. The van der Waals surface area contributed by atoms with E-state index in [1.165, 1.54) is 22.3 Å². The van der Waals surface area contributed by atoms with Gasteiger partial charge in [0.25, 0.3) is 0 Å². The second kappa shape index (κ2) is 5.68. The van der Waals surface area contributed by atoms with Crippen LogP contribution in [0.25, 0.3) is 0 Å². The van der Waals surface area contributed by atoms with Crippen molar-refractivity contribution in [2.24, 2.45) is 0 Å². The highest BCUT2D eigenvalue weighted by Gasteiger charge is 2.16. The van der Waals surface area contributed by atoms with Crippen molar-refractivity contribution < 1.29 is 0 Å². The lowest BCUT2D eigenvalue weighted by Crippen LogP contribution is -2.19. The van der Waals surface area contributed by atoms with E-state index >= 15 is 0 Å². The fourth-order valence-electron chi connectivity index (χ4n) is 2.26. The molecule has 0 saturated heterocycles. The quantitative estimate of drug-likeness (QED) is 0.887. The fraction of sp³-hybridized carbons (Fsp3) is 0.250. The Labute approximate surface area is 117 Å². The topological polar surface area (TPSA) is 12.0 Å². The second-order valence-electron chi connectivity index (χ2n) is 4.60. The van der Waals surface area contributed by atoms with Gasteiger partial charge < -0.3 is 5.32 Å². The van der Waals surface area contributed by atoms with E-state index in [2.05, 4.69) is 71.5 Å². The second-order valence-corrected chi connectivity index (χ2v) is 5.46. The summed E-state index contributed by atoms with van der Waals surface area (Å²) in [6.07, 6.45) is 0. The molecule has 1 N–H and O–H groups in total. The summed E-state index contributed by atoms with van der Waals surface area (Å²) < 4.78 is 1.14. The minimum Gasteiger partial charge on any atom is -0.309 e. The molecule has 94 valence electrons. The third-order valence-electron chi connectivity index (χ3n) is 3.25. The molecule has 2 heteroatoms. The molecule has 0 aliphatic carbocycles. The van der Waals surface area contributed by atoms with Crippen LogP contribution in [0, 0.1) is 13.8 Å². The summed E-state index contributed by atoms with van der Waals surface area (Å²) in [5.74, 6) is 0. The fourth-order valence-corrected chi connectivity index (χ4v) is 2.77. The molecule has 0 aromatic heterocycles. The van der Waals surface area contributed by atoms with Gasteiger partial charge in [-0.1, -0.05) is 57.9 Å². The lowest BCUT2D eigenvalue weighted by atomic mass is 9.94. The van der Waals surface area contributed by atoms with Crippen molar-refractivity contribution >= 4 is 15.9 Å². The Bertz CT molecular complexity index is 549. The summed E-state index contributed by atoms with van der Waals surface area (Å²) in [7, 11) is 2.01. The summed E-state index contributed by atoms with van der Waals surface area (Å²) in [4.78, 5) is 0. The molecular weight excluding hydrogens is 286 g/mol. The maximum absolute atomic E-state index is 3.64. The number of rotatable bonds is 3. The molecule has 2 aromatic carbocycles. The van der Waals surface area contributed by atoms with Gasteiger partial charge in [0.2, 0.25) is 0 Å². The van der Waals surface area contributed by atoms with E-state index in [0.29, 0.717) is 0 Å². The zero-order chi connectivity index (χ0) is 13.1. The number of hydrogen-bond donors (Lipinski definition) is 1. The number of hydrogen-bond acceptors (Lipinski definition) is 1. The van der Waals surface area contributed by atoms with E-state index in [0.717, 1.165) is 4.47 Å². The highest BCUT2D eigenvalue weighted by Crippen LogP contribution is 2.30. The van der Waals surface area contributed by atoms with Gasteiger partial charge in [0, 0.05) is 4.47 Å². The van der Waals surface area contributed by atoms with Gasteiger partial charge in [-0.15, -0.1) is 0 Å². The predicted octanol–water partition coefficient (Wildman–Crippen LogP) is 4.37. The maximum Gasteiger partial charge on any atom is 0.0588 e. The van der Waals surface area contributed by atoms with E-state index in [-0.39, 0.29) is 6.04 Å². The SMILES string of the molecule is CNC(c1cc(C)ccc1C)c1ccccc1Br. The third-order valence-corrected chi connectivity index (χ3v) is 3.97. The number of halogens is 1. The Morgan fingerprint density at radius 1 is 1.00 bits per heavy atom. The van der Waals surface area contributed by atoms with Crippen molar-refractivity contribution in [3.63, 3.8) is 0 Å². The van der Waals surface area contributed by atoms with Crippen LogP contribution in [0.2, 0.25) is 0 Å². The Morgan fingerprint density at radius 2 is 1.72 bits per heavy atom. The molecule has 0 aliphatic rings. The molecule has 0 fully saturated rings. The van der Waals surface area contributed by atoms with Gasteiger partial charge >= 0.3 is 0 Å². The Hall–Kier alpha value is -1.12. The van der Waals surface area contributed by atoms with E-state index in [4.69, 9.17) is 0 Å². The Balaban J connectivity index is 2.52. The molecule has 0 amide bonds. The van der Waals surface area contributed by atoms with Crippen LogP contribution in [0.4, 0.5) is 0 Å². The third kappa shape index (κ3) is 2.65. The van der Waals surface area contributed by atoms with E-state index in [1.807, 2.05) is 13.1 Å². The van der Waals surface area contributed by atoms with Crippen molar-refractivity contribution in [2.75, 3.05) is 7.05 Å². The van der Waals surface area contributed by atoms with Crippen molar-refractivity contribution in [1.82, 2.24) is 5.32 Å². The van der Waals surface area contributed by atoms with Crippen LogP contribution in [-0.2, 0) is 0 Å². The Morgan fingerprint density at radius 3 is 2.39 bits per heavy atom. The van der Waals surface area contributed by atoms with Crippen molar-refractivity contribution in [3.8, 4) is 0 Å². The molecule has 0 spiro atoms. The molecule has 0 bridgehead atoms. The first-order chi connectivity index (χ1) is 8.63. The zero-order valence-corrected chi connectivity index (χ0v) is 12.6. The van der Waals surface area contributed by atoms with E-state index in [1.54, 1.807) is 0 Å². The molecule has 0 radical (unpaired) electrons. The first kappa shape index (κ1) is 13.3. The van der Waals surface area contributed by atoms with Gasteiger partial charge in [0.15, 0.2) is 0 Å². The lowest BCUT2D eigenvalue weighted by molar-refractivity contribution is 0.684. The summed E-state index contributed by atoms with van der Waals surface area (Å²) in [6, 6.07) is 15.2. The summed E-state index contributed by atoms with van der Waals surface area (Å²) in [5.41, 5.74) is 5.22. The molecular formula is C16H18BrN. The Kier molecular flexibility index (Phi) is 4.20. The van der Waals surface area contributed by atoms with Gasteiger partial charge in [0.05, 0.1) is 6.04 Å². The van der Waals surface area contributed by atoms with Gasteiger partial charge in [-0.05, 0) is 43.7 Å². The summed E-state index contributed by atoms with van der Waals surface area (Å²) >= 11 is 3.64. The van der Waals surface area contributed by atoms with Crippen molar-refractivity contribution in [2.45, 2.75) is 19.9 Å². The summed E-state index contributed by atoms with van der Waals surface area (Å²) in [6.45, 7) is 4.30. The minimum absolute atomic E-state index is 0.223. The van der Waals surface area contributed by atoms with Crippen molar-refractivity contribution in [3.05, 3.63) is 69.2 Å². The first-order valence-corrected chi connectivity index (χ1v) is 6.91. The normalized spacial score (nSPS) is 12.4. The first-order valence-electron chi connectivity index (χ1n) is 6.12. The molecule has 1 unspecified atom stereocenters. The van der Waals surface area contributed by atoms with Crippen LogP contribution in [0.5, 0.6) is 0 Å². The molecule has 1 atom stereocenters. The van der Waals surface area contributed by atoms with Crippen molar-refractivity contribution in [1.29, 1.82) is 0 Å². The highest BCUT2D eigenvalue weighted by molar-refractivity contribution is 9.10. The molecule has 1 nitrogen and oxygen atoms in total. The van der Waals surface area contributed by atoms with Gasteiger partial charge in [0.1, 0.15) is 0 Å². The van der Waals surface area contributed by atoms with Gasteiger partial charge in [-0.25, -0.2) is 0 Å². The van der Waals surface area contributed by atoms with Crippen LogP contribution in [0.1, 0.15) is 28.3 Å². The van der Waals surface area contributed by atoms with Crippen LogP contribution in [-0.4, -0.2) is 7.05 Å². The number of nitrogens with one attached hydrogen (secondary N) is 1. The predicted molar refractivity (Wildman–Crippen MR) is 81.0 cm³/mol. The minimum atomic E-state index is 0.223. The maximum atomic E-state index is 3.64. The standard InChI is InChI=1S/C16H18BrN/c1-11-8-9-12(2)14(10-11)16(18-3)13-6-4-5-7-15(13)17/h4-10,16,18H,1-3H3. The van der Waals surface area contributed by atoms with Gasteiger partial charge in [-0.3, -0.25) is 0 Å². The average molecular weight is 304 g/mol. The largest absolute Gasteiger partial charge is 0.309 e. The van der Waals surface area contributed by atoms with Crippen LogP contribution in [0.15, 0.2) is 46.9 Å². The zero-order valence-electron chi connectivity index (χ0n) is 11.0. The highest BCUT2D eigenvalue weighted by atomic mass is 79.9. The number of benzene rings is 2. The average Bonchev–Trinajstić information content (AvgIpc) is 2.36. The summed E-state index contributed by atoms with van der Waals surface area (Å²) in [5, 5.41) is 3.41. The monoisotopic (exact) mass is 303 g/mol. The molecule has 18 heavy (non-hydrogen) atoms. The van der Waals surface area contributed by atoms with Crippen LogP contribution in [0.3, 0.4) is 0 Å².